The molecule has 0 heterocycles. The van der Waals surface area contributed by atoms with Gasteiger partial charge in [-0.05, 0) is 0 Å². The topological polar surface area (TPSA) is 20.2 Å². The molecule has 1 N–H and O–H groups in total. The van der Waals surface area contributed by atoms with Crippen LogP contribution in [0.25, 0.3) is 0 Å². The SMILES string of the molecule is CCCCCC#C[Te]C#CC(C)(C)O. The van der Waals surface area contributed by atoms with Gasteiger partial charge in [0.1, 0.15) is 0 Å². The van der Waals surface area contributed by atoms with Gasteiger partial charge in [-0.3, -0.25) is 0 Å². The van der Waals surface area contributed by atoms with Gasteiger partial charge in [-0.2, -0.15) is 0 Å². The van der Waals surface area contributed by atoms with Gasteiger partial charge in [0.25, 0.3) is 0 Å². The zero-order valence-electron chi connectivity index (χ0n) is 9.18. The molecule has 0 rings (SSSR count). The Labute approximate surface area is 97.7 Å². The van der Waals surface area contributed by atoms with E-state index in [1.807, 2.05) is 0 Å². The van der Waals surface area contributed by atoms with Crippen molar-refractivity contribution in [2.45, 2.75) is 52.1 Å². The molecule has 0 radical (unpaired) electrons. The van der Waals surface area contributed by atoms with Gasteiger partial charge in [0.15, 0.2) is 0 Å². The molecule has 14 heavy (non-hydrogen) atoms. The number of rotatable bonds is 3. The van der Waals surface area contributed by atoms with Crippen LogP contribution >= 0.6 is 0 Å². The van der Waals surface area contributed by atoms with Gasteiger partial charge in [0, 0.05) is 0 Å². The summed E-state index contributed by atoms with van der Waals surface area (Å²) in [5, 5.41) is 9.29. The molecule has 0 saturated heterocycles. The predicted molar refractivity (Wildman–Crippen MR) is 61.7 cm³/mol. The molecular formula is C12H18OTe. The van der Waals surface area contributed by atoms with E-state index in [2.05, 4.69) is 26.7 Å². The second kappa shape index (κ2) is 8.20. The van der Waals surface area contributed by atoms with Gasteiger partial charge >= 0.3 is 97.9 Å². The summed E-state index contributed by atoms with van der Waals surface area (Å²) >= 11 is -0.511. The van der Waals surface area contributed by atoms with Crippen LogP contribution < -0.4 is 0 Å². The van der Waals surface area contributed by atoms with E-state index in [-0.39, 0.29) is 0 Å². The Morgan fingerprint density at radius 2 is 1.93 bits per heavy atom. The summed E-state index contributed by atoms with van der Waals surface area (Å²) in [5.41, 5.74) is -0.853. The van der Waals surface area contributed by atoms with Crippen molar-refractivity contribution in [3.63, 3.8) is 0 Å². The monoisotopic (exact) mass is 308 g/mol. The minimum absolute atomic E-state index is 0.511. The van der Waals surface area contributed by atoms with Gasteiger partial charge in [-0.1, -0.05) is 0 Å². The molecule has 0 unspecified atom stereocenters. The summed E-state index contributed by atoms with van der Waals surface area (Å²) in [7, 11) is 0. The van der Waals surface area contributed by atoms with Crippen molar-refractivity contribution in [2.75, 3.05) is 0 Å². The zero-order valence-corrected chi connectivity index (χ0v) is 11.5. The zero-order chi connectivity index (χ0) is 10.9. The van der Waals surface area contributed by atoms with E-state index in [0.29, 0.717) is 0 Å². The van der Waals surface area contributed by atoms with E-state index in [1.54, 1.807) is 13.8 Å². The van der Waals surface area contributed by atoms with Crippen molar-refractivity contribution >= 4 is 20.9 Å². The molecule has 1 nitrogen and oxygen atoms in total. The summed E-state index contributed by atoms with van der Waals surface area (Å²) < 4.78 is 6.08. The van der Waals surface area contributed by atoms with Crippen molar-refractivity contribution < 1.29 is 5.11 Å². The minimum atomic E-state index is -0.853. The summed E-state index contributed by atoms with van der Waals surface area (Å²) in [6, 6.07) is 0. The Balaban J connectivity index is 3.56. The molecule has 0 aromatic heterocycles. The van der Waals surface area contributed by atoms with E-state index in [0.717, 1.165) is 6.42 Å². The second-order valence-corrected chi connectivity index (χ2v) is 5.37. The Bertz CT molecular complexity index is 254. The molecule has 0 spiro atoms. The first kappa shape index (κ1) is 13.9. The van der Waals surface area contributed by atoms with Gasteiger partial charge in [0.2, 0.25) is 0 Å². The molecule has 0 fully saturated rings. The van der Waals surface area contributed by atoms with Crippen LogP contribution in [-0.2, 0) is 0 Å². The van der Waals surface area contributed by atoms with Crippen molar-refractivity contribution in [1.29, 1.82) is 0 Å². The summed E-state index contributed by atoms with van der Waals surface area (Å²) in [4.78, 5) is 0. The van der Waals surface area contributed by atoms with Crippen molar-refractivity contribution in [1.82, 2.24) is 0 Å². The molecule has 0 aliphatic carbocycles. The predicted octanol–water partition coefficient (Wildman–Crippen LogP) is 1.96. The first-order chi connectivity index (χ1) is 6.56. The van der Waals surface area contributed by atoms with Gasteiger partial charge in [-0.25, -0.2) is 0 Å². The van der Waals surface area contributed by atoms with Crippen molar-refractivity contribution in [3.05, 3.63) is 0 Å². The molecule has 0 bridgehead atoms. The van der Waals surface area contributed by atoms with Crippen molar-refractivity contribution in [3.8, 4) is 19.8 Å². The Kier molecular flexibility index (Phi) is 8.12. The summed E-state index contributed by atoms with van der Waals surface area (Å²) in [6.07, 6.45) is 4.72. The standard InChI is InChI=1S/C12H18OTe/c1-4-5-6-7-8-10-14-11-9-12(2,3)13/h13H,4-7H2,1-3H3. The Morgan fingerprint density at radius 3 is 2.50 bits per heavy atom. The van der Waals surface area contributed by atoms with Crippen LogP contribution in [0.15, 0.2) is 0 Å². The Hall–Kier alpha value is -0.130. The van der Waals surface area contributed by atoms with Crippen LogP contribution in [0.3, 0.4) is 0 Å². The van der Waals surface area contributed by atoms with Crippen LogP contribution in [0.5, 0.6) is 0 Å². The van der Waals surface area contributed by atoms with Crippen LogP contribution in [0, 0.1) is 19.8 Å². The average molecular weight is 306 g/mol. The molecule has 0 aliphatic heterocycles. The maximum absolute atomic E-state index is 9.29. The van der Waals surface area contributed by atoms with Crippen LogP contribution in [0.1, 0.15) is 46.5 Å². The number of unbranched alkanes of at least 4 members (excludes halogenated alkanes) is 3. The number of hydrogen-bond acceptors (Lipinski definition) is 1. The first-order valence-corrected chi connectivity index (χ1v) is 7.27. The normalized spacial score (nSPS) is 9.71. The second-order valence-electron chi connectivity index (χ2n) is 3.62. The van der Waals surface area contributed by atoms with Crippen molar-refractivity contribution in [2.24, 2.45) is 0 Å². The summed E-state index contributed by atoms with van der Waals surface area (Å²) in [6.45, 7) is 5.58. The molecular weight excluding hydrogens is 288 g/mol. The number of hydrogen-bond donors (Lipinski definition) is 1. The quantitative estimate of drug-likeness (QED) is 0.480. The fraction of sp³-hybridized carbons (Fsp3) is 0.667. The van der Waals surface area contributed by atoms with E-state index >= 15 is 0 Å². The molecule has 78 valence electrons. The summed E-state index contributed by atoms with van der Waals surface area (Å²) in [5.74, 6) is 5.91. The molecule has 0 atom stereocenters. The average Bonchev–Trinajstić information content (AvgIpc) is 2.08. The van der Waals surface area contributed by atoms with E-state index < -0.39 is 26.5 Å². The number of aliphatic hydroxyl groups is 1. The third-order valence-corrected chi connectivity index (χ3v) is 2.72. The maximum atomic E-state index is 9.29. The third-order valence-electron chi connectivity index (χ3n) is 1.44. The Morgan fingerprint density at radius 1 is 1.21 bits per heavy atom. The molecule has 0 amide bonds. The van der Waals surface area contributed by atoms with E-state index in [4.69, 9.17) is 0 Å². The fourth-order valence-electron chi connectivity index (χ4n) is 0.726. The van der Waals surface area contributed by atoms with Gasteiger partial charge in [-0.15, -0.1) is 0 Å². The van der Waals surface area contributed by atoms with Crippen LogP contribution in [0.4, 0.5) is 0 Å². The fourth-order valence-corrected chi connectivity index (χ4v) is 2.23. The first-order valence-electron chi connectivity index (χ1n) is 4.94. The van der Waals surface area contributed by atoms with Gasteiger partial charge in [0.05, 0.1) is 0 Å². The van der Waals surface area contributed by atoms with Gasteiger partial charge < -0.3 is 0 Å². The molecule has 2 heteroatoms. The van der Waals surface area contributed by atoms with Crippen LogP contribution in [0.2, 0.25) is 0 Å². The third kappa shape index (κ3) is 11.9. The van der Waals surface area contributed by atoms with Crippen LogP contribution in [-0.4, -0.2) is 31.6 Å². The van der Waals surface area contributed by atoms with E-state index in [9.17, 15) is 5.11 Å². The molecule has 0 aliphatic rings. The molecule has 0 saturated carbocycles. The molecule has 0 aromatic carbocycles. The van der Waals surface area contributed by atoms with E-state index in [1.165, 1.54) is 19.3 Å². The molecule has 0 aromatic rings.